The predicted molar refractivity (Wildman–Crippen MR) is 125 cm³/mol. The molecule has 0 fully saturated rings. The molecule has 0 unspecified atom stereocenters. The Morgan fingerprint density at radius 2 is 1.72 bits per heavy atom. The van der Waals surface area contributed by atoms with Gasteiger partial charge in [0.2, 0.25) is 0 Å². The van der Waals surface area contributed by atoms with Gasteiger partial charge in [0.15, 0.2) is 0 Å². The van der Waals surface area contributed by atoms with Crippen LogP contribution in [0.25, 0.3) is 11.1 Å². The summed E-state index contributed by atoms with van der Waals surface area (Å²) in [6, 6.07) is 18.0. The second-order valence-electron chi connectivity index (χ2n) is 8.68. The number of hydrogen-bond donors (Lipinski definition) is 1. The van der Waals surface area contributed by atoms with Gasteiger partial charge in [-0.1, -0.05) is 30.3 Å². The summed E-state index contributed by atoms with van der Waals surface area (Å²) in [5.41, 5.74) is 4.48. The van der Waals surface area contributed by atoms with E-state index in [1.54, 1.807) is 52.1 Å². The minimum atomic E-state index is -0.619. The summed E-state index contributed by atoms with van der Waals surface area (Å²) in [5.74, 6) is 6.22. The number of carbonyl (C=O) groups is 1. The van der Waals surface area contributed by atoms with Gasteiger partial charge in [0.05, 0.1) is 12.8 Å². The normalized spacial score (nSPS) is 11.2. The number of halogens is 1. The lowest BCUT2D eigenvalue weighted by atomic mass is 9.95. The number of hydrazine groups is 1. The molecule has 2 N–H and O–H groups in total. The lowest BCUT2D eigenvalue weighted by Crippen LogP contribution is -2.41. The molecule has 3 rings (SSSR count). The van der Waals surface area contributed by atoms with E-state index in [9.17, 15) is 9.18 Å². The number of ether oxygens (including phenoxy) is 2. The van der Waals surface area contributed by atoms with Gasteiger partial charge in [0.25, 0.3) is 0 Å². The van der Waals surface area contributed by atoms with Crippen LogP contribution < -0.4 is 15.6 Å². The number of anilines is 1. The molecule has 5 nitrogen and oxygen atoms in total. The number of hydrogen-bond acceptors (Lipinski definition) is 4. The quantitative estimate of drug-likeness (QED) is 0.302. The van der Waals surface area contributed by atoms with Gasteiger partial charge in [-0.2, -0.15) is 0 Å². The molecule has 1 amide bonds. The van der Waals surface area contributed by atoms with E-state index in [0.29, 0.717) is 23.4 Å². The number of carbonyl (C=O) groups excluding carboxylic acids is 1. The number of nitrogens with two attached hydrogens (primary N) is 1. The zero-order chi connectivity index (χ0) is 23.5. The van der Waals surface area contributed by atoms with Gasteiger partial charge in [-0.15, -0.1) is 0 Å². The van der Waals surface area contributed by atoms with Crippen molar-refractivity contribution in [1.29, 1.82) is 0 Å². The highest BCUT2D eigenvalue weighted by Gasteiger charge is 2.21. The Morgan fingerprint density at radius 3 is 2.31 bits per heavy atom. The molecule has 0 aromatic heterocycles. The van der Waals surface area contributed by atoms with Gasteiger partial charge < -0.3 is 9.47 Å². The molecule has 0 aliphatic carbocycles. The van der Waals surface area contributed by atoms with Crippen molar-refractivity contribution >= 4 is 11.8 Å². The Labute approximate surface area is 188 Å². The Morgan fingerprint density at radius 1 is 1.03 bits per heavy atom. The second kappa shape index (κ2) is 9.40. The first-order chi connectivity index (χ1) is 15.1. The van der Waals surface area contributed by atoms with Crippen molar-refractivity contribution in [2.24, 2.45) is 5.84 Å². The molecule has 0 bridgehead atoms. The Bertz CT molecular complexity index is 1110. The van der Waals surface area contributed by atoms with Gasteiger partial charge in [-0.25, -0.2) is 20.0 Å². The van der Waals surface area contributed by atoms with Crippen LogP contribution in [0, 0.1) is 12.7 Å². The number of amides is 1. The van der Waals surface area contributed by atoms with Crippen molar-refractivity contribution in [1.82, 2.24) is 0 Å². The lowest BCUT2D eigenvalue weighted by molar-refractivity contribution is 0.0580. The number of aryl methyl sites for hydroxylation is 1. The van der Waals surface area contributed by atoms with Gasteiger partial charge in [0.1, 0.15) is 17.2 Å². The highest BCUT2D eigenvalue weighted by atomic mass is 19.1. The van der Waals surface area contributed by atoms with E-state index in [-0.39, 0.29) is 5.82 Å². The van der Waals surface area contributed by atoms with E-state index < -0.39 is 11.7 Å². The third kappa shape index (κ3) is 5.65. The fourth-order valence-electron chi connectivity index (χ4n) is 3.33. The van der Waals surface area contributed by atoms with Crippen molar-refractivity contribution in [3.8, 4) is 16.9 Å². The summed E-state index contributed by atoms with van der Waals surface area (Å²) in [6.45, 7) is 7.38. The third-order valence-corrected chi connectivity index (χ3v) is 5.03. The van der Waals surface area contributed by atoms with Gasteiger partial charge in [-0.05, 0) is 86.7 Å². The van der Waals surface area contributed by atoms with E-state index in [0.717, 1.165) is 27.3 Å². The molecule has 0 saturated heterocycles. The summed E-state index contributed by atoms with van der Waals surface area (Å²) < 4.78 is 24.8. The van der Waals surface area contributed by atoms with Crippen molar-refractivity contribution in [2.75, 3.05) is 12.1 Å². The van der Waals surface area contributed by atoms with Crippen LogP contribution in [0.5, 0.6) is 5.75 Å². The highest BCUT2D eigenvalue weighted by molar-refractivity contribution is 5.86. The topological polar surface area (TPSA) is 64.8 Å². The molecule has 32 heavy (non-hydrogen) atoms. The fourth-order valence-corrected chi connectivity index (χ4v) is 3.33. The van der Waals surface area contributed by atoms with E-state index in [2.05, 4.69) is 0 Å². The first kappa shape index (κ1) is 23.3. The Hall–Kier alpha value is -3.38. The molecule has 0 atom stereocenters. The molecular formula is C26H29FN2O3. The van der Waals surface area contributed by atoms with Crippen LogP contribution in [0.2, 0.25) is 0 Å². The van der Waals surface area contributed by atoms with Crippen molar-refractivity contribution in [3.63, 3.8) is 0 Å². The van der Waals surface area contributed by atoms with E-state index in [1.165, 1.54) is 6.07 Å². The first-order valence-corrected chi connectivity index (χ1v) is 10.4. The fraction of sp³-hybridized carbons (Fsp3) is 0.269. The number of nitrogens with zero attached hydrogens (tertiary/aromatic N) is 1. The predicted octanol–water partition coefficient (Wildman–Crippen LogP) is 6.02. The third-order valence-electron chi connectivity index (χ3n) is 5.03. The molecular weight excluding hydrogens is 407 g/mol. The van der Waals surface area contributed by atoms with Gasteiger partial charge in [0, 0.05) is 5.56 Å². The van der Waals surface area contributed by atoms with Crippen molar-refractivity contribution < 1.29 is 18.7 Å². The second-order valence-corrected chi connectivity index (χ2v) is 8.68. The molecule has 0 heterocycles. The van der Waals surface area contributed by atoms with E-state index in [1.807, 2.05) is 37.3 Å². The molecule has 0 saturated carbocycles. The molecule has 3 aromatic carbocycles. The minimum absolute atomic E-state index is 0.287. The van der Waals surface area contributed by atoms with E-state index in [4.69, 9.17) is 15.3 Å². The number of methoxy groups -OCH3 is 1. The largest absolute Gasteiger partial charge is 0.497 e. The Kier molecular flexibility index (Phi) is 6.84. The molecule has 0 radical (unpaired) electrons. The molecule has 0 aliphatic rings. The maximum Gasteiger partial charge on any atom is 0.429 e. The smallest absolute Gasteiger partial charge is 0.429 e. The lowest BCUT2D eigenvalue weighted by Gasteiger charge is -2.24. The number of rotatable bonds is 5. The highest BCUT2D eigenvalue weighted by Crippen LogP contribution is 2.29. The van der Waals surface area contributed by atoms with Crippen LogP contribution in [0.15, 0.2) is 60.7 Å². The maximum absolute atomic E-state index is 14.3. The standard InChI is InChI=1S/C26H29FN2O3/c1-17-14-20(23-16-22(31-5)12-13-24(23)27)9-8-19(17)15-18-6-10-21(11-7-18)29(28)25(30)32-26(2,3)4/h6-14,16H,15,28H2,1-5H3. The summed E-state index contributed by atoms with van der Waals surface area (Å²) in [5, 5.41) is 0.998. The van der Waals surface area contributed by atoms with Gasteiger partial charge >= 0.3 is 6.09 Å². The van der Waals surface area contributed by atoms with Crippen LogP contribution in [0.4, 0.5) is 14.9 Å². The monoisotopic (exact) mass is 436 g/mol. The SMILES string of the molecule is COc1ccc(F)c(-c2ccc(Cc3ccc(N(N)C(=O)OC(C)(C)C)cc3)c(C)c2)c1. The van der Waals surface area contributed by atoms with Crippen LogP contribution in [0.3, 0.4) is 0 Å². The van der Waals surface area contributed by atoms with Crippen LogP contribution in [-0.4, -0.2) is 18.8 Å². The molecule has 0 aliphatic heterocycles. The molecule has 6 heteroatoms. The number of benzene rings is 3. The van der Waals surface area contributed by atoms with Crippen LogP contribution >= 0.6 is 0 Å². The van der Waals surface area contributed by atoms with Crippen LogP contribution in [-0.2, 0) is 11.2 Å². The van der Waals surface area contributed by atoms with Crippen molar-refractivity contribution in [2.45, 2.75) is 39.7 Å². The van der Waals surface area contributed by atoms with E-state index >= 15 is 0 Å². The first-order valence-electron chi connectivity index (χ1n) is 10.4. The maximum atomic E-state index is 14.3. The molecule has 0 spiro atoms. The van der Waals surface area contributed by atoms with Gasteiger partial charge in [-0.3, -0.25) is 0 Å². The summed E-state index contributed by atoms with van der Waals surface area (Å²) in [7, 11) is 1.56. The van der Waals surface area contributed by atoms with Crippen molar-refractivity contribution in [3.05, 3.63) is 83.2 Å². The molecule has 168 valence electrons. The van der Waals surface area contributed by atoms with Crippen LogP contribution in [0.1, 0.15) is 37.5 Å². The zero-order valence-corrected chi connectivity index (χ0v) is 19.1. The average molecular weight is 437 g/mol. The summed E-state index contributed by atoms with van der Waals surface area (Å²) in [6.07, 6.45) is 0.0886. The summed E-state index contributed by atoms with van der Waals surface area (Å²) in [4.78, 5) is 12.1. The minimum Gasteiger partial charge on any atom is -0.497 e. The summed E-state index contributed by atoms with van der Waals surface area (Å²) >= 11 is 0. The average Bonchev–Trinajstić information content (AvgIpc) is 2.74. The molecule has 3 aromatic rings. The zero-order valence-electron chi connectivity index (χ0n) is 19.1. The Balaban J connectivity index is 1.75.